The van der Waals surface area contributed by atoms with Crippen LogP contribution in [0.5, 0.6) is 0 Å². The molecule has 1 aliphatic carbocycles. The van der Waals surface area contributed by atoms with E-state index in [9.17, 15) is 0 Å². The molecule has 1 nitrogen and oxygen atoms in total. The van der Waals surface area contributed by atoms with Crippen molar-refractivity contribution in [3.05, 3.63) is 35.9 Å². The molecule has 1 fully saturated rings. The summed E-state index contributed by atoms with van der Waals surface area (Å²) >= 11 is 0. The monoisotopic (exact) mass is 260 g/mol. The maximum Gasteiger partial charge on any atom is 0.0602 e. The van der Waals surface area contributed by atoms with Gasteiger partial charge >= 0.3 is 0 Å². The van der Waals surface area contributed by atoms with Gasteiger partial charge in [0.05, 0.1) is 6.10 Å². The molecule has 1 aromatic carbocycles. The van der Waals surface area contributed by atoms with E-state index in [1.807, 2.05) is 7.11 Å². The normalized spacial score (nSPS) is 20.6. The van der Waals surface area contributed by atoms with Crippen LogP contribution in [0, 0.1) is 11.3 Å². The van der Waals surface area contributed by atoms with E-state index in [1.165, 1.54) is 37.7 Å². The van der Waals surface area contributed by atoms with E-state index >= 15 is 0 Å². The molecular weight excluding hydrogens is 232 g/mol. The molecule has 1 heteroatoms. The van der Waals surface area contributed by atoms with Crippen molar-refractivity contribution >= 4 is 0 Å². The molecule has 0 heterocycles. The lowest BCUT2D eigenvalue weighted by atomic mass is 9.65. The van der Waals surface area contributed by atoms with Crippen LogP contribution in [-0.2, 0) is 11.2 Å². The lowest BCUT2D eigenvalue weighted by molar-refractivity contribution is -0.0255. The molecule has 0 aliphatic heterocycles. The van der Waals surface area contributed by atoms with Crippen LogP contribution in [0.25, 0.3) is 0 Å². The quantitative estimate of drug-likeness (QED) is 0.681. The van der Waals surface area contributed by atoms with Crippen molar-refractivity contribution in [2.24, 2.45) is 11.3 Å². The van der Waals surface area contributed by atoms with E-state index in [-0.39, 0.29) is 0 Å². The lowest BCUT2D eigenvalue weighted by Crippen LogP contribution is -2.39. The minimum absolute atomic E-state index is 0.307. The molecule has 0 aromatic heterocycles. The fourth-order valence-corrected chi connectivity index (χ4v) is 3.46. The minimum Gasteiger partial charge on any atom is -0.381 e. The first-order valence-electron chi connectivity index (χ1n) is 7.77. The first kappa shape index (κ1) is 14.6. The number of methoxy groups -OCH3 is 1. The van der Waals surface area contributed by atoms with E-state index in [2.05, 4.69) is 44.2 Å². The van der Waals surface area contributed by atoms with Crippen molar-refractivity contribution in [1.29, 1.82) is 0 Å². The molecule has 0 bridgehead atoms. The Hall–Kier alpha value is -0.820. The van der Waals surface area contributed by atoms with Crippen molar-refractivity contribution in [1.82, 2.24) is 0 Å². The first-order valence-corrected chi connectivity index (χ1v) is 7.77. The standard InChI is InChI=1S/C18H28O/c1-4-18(15(2)19-3,14-17-11-8-12-17)13-16-9-6-5-7-10-16/h5-7,9-10,15,17H,4,8,11-14H2,1-3H3. The molecule has 0 spiro atoms. The second kappa shape index (κ2) is 6.56. The van der Waals surface area contributed by atoms with Gasteiger partial charge in [0.2, 0.25) is 0 Å². The molecule has 0 amide bonds. The highest BCUT2D eigenvalue weighted by Crippen LogP contribution is 2.44. The van der Waals surface area contributed by atoms with Crippen molar-refractivity contribution in [2.75, 3.05) is 7.11 Å². The van der Waals surface area contributed by atoms with Gasteiger partial charge in [0.1, 0.15) is 0 Å². The van der Waals surface area contributed by atoms with Gasteiger partial charge in [-0.1, -0.05) is 56.5 Å². The second-order valence-corrected chi connectivity index (χ2v) is 6.26. The zero-order valence-corrected chi connectivity index (χ0v) is 12.7. The van der Waals surface area contributed by atoms with Gasteiger partial charge in [-0.2, -0.15) is 0 Å². The zero-order chi connectivity index (χ0) is 13.7. The van der Waals surface area contributed by atoms with E-state index < -0.39 is 0 Å². The molecule has 1 aliphatic rings. The summed E-state index contributed by atoms with van der Waals surface area (Å²) in [6.45, 7) is 4.59. The van der Waals surface area contributed by atoms with Crippen molar-refractivity contribution in [2.45, 2.75) is 58.5 Å². The maximum atomic E-state index is 5.75. The summed E-state index contributed by atoms with van der Waals surface area (Å²) in [7, 11) is 1.86. The highest BCUT2D eigenvalue weighted by molar-refractivity contribution is 5.17. The Morgan fingerprint density at radius 1 is 1.26 bits per heavy atom. The SMILES string of the molecule is CCC(Cc1ccccc1)(CC1CCC1)C(C)OC. The van der Waals surface area contributed by atoms with E-state index in [0.717, 1.165) is 12.3 Å². The van der Waals surface area contributed by atoms with Crippen LogP contribution >= 0.6 is 0 Å². The summed E-state index contributed by atoms with van der Waals surface area (Å²) in [5.41, 5.74) is 1.76. The number of hydrogen-bond acceptors (Lipinski definition) is 1. The van der Waals surface area contributed by atoms with Crippen LogP contribution in [0.15, 0.2) is 30.3 Å². The average Bonchev–Trinajstić information content (AvgIpc) is 2.41. The molecule has 0 radical (unpaired) electrons. The van der Waals surface area contributed by atoms with Gasteiger partial charge in [0.15, 0.2) is 0 Å². The van der Waals surface area contributed by atoms with Gasteiger partial charge in [-0.25, -0.2) is 0 Å². The Morgan fingerprint density at radius 2 is 1.95 bits per heavy atom. The van der Waals surface area contributed by atoms with Crippen LogP contribution in [-0.4, -0.2) is 13.2 Å². The highest BCUT2D eigenvalue weighted by atomic mass is 16.5. The fourth-order valence-electron chi connectivity index (χ4n) is 3.46. The molecule has 106 valence electrons. The van der Waals surface area contributed by atoms with Crippen LogP contribution in [0.1, 0.15) is 51.5 Å². The topological polar surface area (TPSA) is 9.23 Å². The van der Waals surface area contributed by atoms with Crippen molar-refractivity contribution in [3.8, 4) is 0 Å². The minimum atomic E-state index is 0.307. The Bertz CT molecular complexity index is 369. The second-order valence-electron chi connectivity index (χ2n) is 6.26. The third-order valence-corrected chi connectivity index (χ3v) is 5.24. The number of rotatable bonds is 7. The molecule has 2 unspecified atom stereocenters. The number of benzene rings is 1. The summed E-state index contributed by atoms with van der Waals surface area (Å²) in [5.74, 6) is 0.932. The van der Waals surface area contributed by atoms with Crippen LogP contribution in [0.4, 0.5) is 0 Å². The van der Waals surface area contributed by atoms with Crippen molar-refractivity contribution < 1.29 is 4.74 Å². The smallest absolute Gasteiger partial charge is 0.0602 e. The maximum absolute atomic E-state index is 5.75. The Kier molecular flexibility index (Phi) is 5.04. The number of hydrogen-bond donors (Lipinski definition) is 0. The highest BCUT2D eigenvalue weighted by Gasteiger charge is 2.38. The van der Waals surface area contributed by atoms with Crippen LogP contribution in [0.2, 0.25) is 0 Å². The lowest BCUT2D eigenvalue weighted by Gasteiger charge is -2.43. The molecule has 1 aromatic rings. The molecule has 1 saturated carbocycles. The molecule has 2 atom stereocenters. The van der Waals surface area contributed by atoms with E-state index in [4.69, 9.17) is 4.74 Å². The van der Waals surface area contributed by atoms with Gasteiger partial charge in [-0.05, 0) is 37.7 Å². The Morgan fingerprint density at radius 3 is 2.42 bits per heavy atom. The zero-order valence-electron chi connectivity index (χ0n) is 12.7. The van der Waals surface area contributed by atoms with Gasteiger partial charge in [0.25, 0.3) is 0 Å². The van der Waals surface area contributed by atoms with Crippen LogP contribution in [0.3, 0.4) is 0 Å². The molecule has 2 rings (SSSR count). The molecule has 19 heavy (non-hydrogen) atoms. The summed E-state index contributed by atoms with van der Waals surface area (Å²) in [5, 5.41) is 0. The summed E-state index contributed by atoms with van der Waals surface area (Å²) in [4.78, 5) is 0. The van der Waals surface area contributed by atoms with Crippen molar-refractivity contribution in [3.63, 3.8) is 0 Å². The van der Waals surface area contributed by atoms with Crippen LogP contribution < -0.4 is 0 Å². The Balaban J connectivity index is 2.15. The predicted octanol–water partition coefficient (Wildman–Crippen LogP) is 4.85. The third kappa shape index (κ3) is 3.39. The van der Waals surface area contributed by atoms with E-state index in [0.29, 0.717) is 11.5 Å². The summed E-state index contributed by atoms with van der Waals surface area (Å²) < 4.78 is 5.75. The fraction of sp³-hybridized carbons (Fsp3) is 0.667. The summed E-state index contributed by atoms with van der Waals surface area (Å²) in [6, 6.07) is 10.9. The summed E-state index contributed by atoms with van der Waals surface area (Å²) in [6.07, 6.45) is 8.28. The number of ether oxygens (including phenoxy) is 1. The molecule has 0 N–H and O–H groups in total. The first-order chi connectivity index (χ1) is 9.20. The predicted molar refractivity (Wildman–Crippen MR) is 81.3 cm³/mol. The van der Waals surface area contributed by atoms with Gasteiger partial charge < -0.3 is 4.74 Å². The Labute approximate surface area is 118 Å². The van der Waals surface area contributed by atoms with Gasteiger partial charge in [-0.3, -0.25) is 0 Å². The third-order valence-electron chi connectivity index (χ3n) is 5.24. The molecular formula is C18H28O. The average molecular weight is 260 g/mol. The molecule has 0 saturated heterocycles. The van der Waals surface area contributed by atoms with Gasteiger partial charge in [-0.15, -0.1) is 0 Å². The largest absolute Gasteiger partial charge is 0.381 e. The van der Waals surface area contributed by atoms with E-state index in [1.54, 1.807) is 0 Å². The van der Waals surface area contributed by atoms with Gasteiger partial charge in [0, 0.05) is 12.5 Å².